The zero-order valence-corrected chi connectivity index (χ0v) is 17.5. The maximum Gasteiger partial charge on any atom is 0.222 e. The van der Waals surface area contributed by atoms with Gasteiger partial charge in [0.2, 0.25) is 11.8 Å². The molecule has 0 bridgehead atoms. The summed E-state index contributed by atoms with van der Waals surface area (Å²) >= 11 is 0. The third-order valence-electron chi connectivity index (χ3n) is 7.22. The van der Waals surface area contributed by atoms with Gasteiger partial charge in [-0.25, -0.2) is 4.39 Å². The molecule has 3 atom stereocenters. The van der Waals surface area contributed by atoms with Crippen LogP contribution in [-0.4, -0.2) is 66.3 Å². The van der Waals surface area contributed by atoms with Crippen LogP contribution in [0.4, 0.5) is 4.39 Å². The first kappa shape index (κ1) is 20.3. The van der Waals surface area contributed by atoms with Crippen LogP contribution in [0.2, 0.25) is 0 Å². The van der Waals surface area contributed by atoms with Crippen molar-refractivity contribution in [2.75, 3.05) is 39.8 Å². The standard InChI is InChI=1S/C23H32FN3O2/c1-16(28)27-14-19-13-26(22(29)7-6-17-8-10-25(2)11-9-17)15-21(19)23(27)18-4-3-5-20(24)12-18/h3-5,12,17,19,21,23H,6-11,13-15H2,1-2H3/t19-,21-,23+/m1/s1. The third-order valence-corrected chi connectivity index (χ3v) is 7.22. The lowest BCUT2D eigenvalue weighted by molar-refractivity contribution is -0.132. The highest BCUT2D eigenvalue weighted by atomic mass is 19.1. The molecule has 3 aliphatic heterocycles. The van der Waals surface area contributed by atoms with Gasteiger partial charge in [0.05, 0.1) is 6.04 Å². The number of rotatable bonds is 4. The lowest BCUT2D eigenvalue weighted by atomic mass is 9.89. The first-order chi connectivity index (χ1) is 13.9. The van der Waals surface area contributed by atoms with E-state index in [1.807, 2.05) is 15.9 Å². The molecule has 0 radical (unpaired) electrons. The van der Waals surface area contributed by atoms with Crippen LogP contribution in [0.15, 0.2) is 24.3 Å². The molecule has 3 aliphatic rings. The summed E-state index contributed by atoms with van der Waals surface area (Å²) in [6.07, 6.45) is 3.97. The average Bonchev–Trinajstić information content (AvgIpc) is 3.25. The fraction of sp³-hybridized carbons (Fsp3) is 0.652. The maximum absolute atomic E-state index is 13.8. The first-order valence-electron chi connectivity index (χ1n) is 10.9. The van der Waals surface area contributed by atoms with Crippen molar-refractivity contribution in [1.29, 1.82) is 0 Å². The topological polar surface area (TPSA) is 43.9 Å². The molecule has 29 heavy (non-hydrogen) atoms. The number of halogens is 1. The van der Waals surface area contributed by atoms with Crippen LogP contribution in [0.5, 0.6) is 0 Å². The molecular weight excluding hydrogens is 369 g/mol. The molecule has 0 N–H and O–H groups in total. The van der Waals surface area contributed by atoms with Crippen LogP contribution in [0, 0.1) is 23.6 Å². The summed E-state index contributed by atoms with van der Waals surface area (Å²) in [6.45, 7) is 5.87. The molecule has 0 unspecified atom stereocenters. The number of nitrogens with zero attached hydrogens (tertiary/aromatic N) is 3. The number of hydrogen-bond donors (Lipinski definition) is 0. The van der Waals surface area contributed by atoms with E-state index in [0.717, 1.165) is 25.1 Å². The highest BCUT2D eigenvalue weighted by molar-refractivity contribution is 5.77. The first-order valence-corrected chi connectivity index (χ1v) is 10.9. The van der Waals surface area contributed by atoms with E-state index in [-0.39, 0.29) is 35.5 Å². The van der Waals surface area contributed by atoms with Crippen LogP contribution in [-0.2, 0) is 9.59 Å². The van der Waals surface area contributed by atoms with E-state index < -0.39 is 0 Å². The van der Waals surface area contributed by atoms with Crippen LogP contribution in [0.3, 0.4) is 0 Å². The van der Waals surface area contributed by atoms with Gasteiger partial charge < -0.3 is 14.7 Å². The van der Waals surface area contributed by atoms with Crippen LogP contribution < -0.4 is 0 Å². The molecule has 1 aromatic carbocycles. The summed E-state index contributed by atoms with van der Waals surface area (Å²) in [5.41, 5.74) is 0.841. The Balaban J connectivity index is 1.39. The largest absolute Gasteiger partial charge is 0.342 e. The summed E-state index contributed by atoms with van der Waals surface area (Å²) < 4.78 is 13.8. The average molecular weight is 402 g/mol. The van der Waals surface area contributed by atoms with Gasteiger partial charge in [0, 0.05) is 44.8 Å². The summed E-state index contributed by atoms with van der Waals surface area (Å²) in [4.78, 5) is 31.3. The molecule has 3 fully saturated rings. The zero-order valence-electron chi connectivity index (χ0n) is 17.5. The lowest BCUT2D eigenvalue weighted by Gasteiger charge is -2.30. The Hall–Kier alpha value is -1.95. The predicted octanol–water partition coefficient (Wildman–Crippen LogP) is 2.93. The Morgan fingerprint density at radius 1 is 1.14 bits per heavy atom. The van der Waals surface area contributed by atoms with E-state index in [2.05, 4.69) is 11.9 Å². The molecule has 158 valence electrons. The Morgan fingerprint density at radius 3 is 2.59 bits per heavy atom. The van der Waals surface area contributed by atoms with Crippen molar-refractivity contribution in [1.82, 2.24) is 14.7 Å². The van der Waals surface area contributed by atoms with Crippen LogP contribution in [0.25, 0.3) is 0 Å². The van der Waals surface area contributed by atoms with Gasteiger partial charge in [-0.15, -0.1) is 0 Å². The number of hydrogen-bond acceptors (Lipinski definition) is 3. The quantitative estimate of drug-likeness (QED) is 0.779. The van der Waals surface area contributed by atoms with Crippen molar-refractivity contribution >= 4 is 11.8 Å². The Labute approximate surface area is 172 Å². The summed E-state index contributed by atoms with van der Waals surface area (Å²) in [5.74, 6) is 1.11. The smallest absolute Gasteiger partial charge is 0.222 e. The molecule has 1 aromatic rings. The number of fused-ring (bicyclic) bond motifs is 1. The fourth-order valence-electron chi connectivity index (χ4n) is 5.53. The van der Waals surface area contributed by atoms with Gasteiger partial charge in [0.15, 0.2) is 0 Å². The summed E-state index contributed by atoms with van der Waals surface area (Å²) in [5, 5.41) is 0. The minimum Gasteiger partial charge on any atom is -0.342 e. The van der Waals surface area contributed by atoms with Crippen molar-refractivity contribution in [3.05, 3.63) is 35.6 Å². The minimum atomic E-state index is -0.279. The zero-order chi connectivity index (χ0) is 20.5. The van der Waals surface area contributed by atoms with E-state index >= 15 is 0 Å². The van der Waals surface area contributed by atoms with E-state index in [9.17, 15) is 14.0 Å². The Kier molecular flexibility index (Phi) is 5.91. The fourth-order valence-corrected chi connectivity index (χ4v) is 5.53. The normalized spacial score (nSPS) is 28.0. The van der Waals surface area contributed by atoms with Gasteiger partial charge in [-0.05, 0) is 63.0 Å². The van der Waals surface area contributed by atoms with Gasteiger partial charge in [0.1, 0.15) is 5.82 Å². The summed E-state index contributed by atoms with van der Waals surface area (Å²) in [6, 6.07) is 6.43. The van der Waals surface area contributed by atoms with Crippen molar-refractivity contribution in [3.8, 4) is 0 Å². The van der Waals surface area contributed by atoms with Gasteiger partial charge in [0.25, 0.3) is 0 Å². The van der Waals surface area contributed by atoms with Crippen LogP contribution >= 0.6 is 0 Å². The molecule has 0 aromatic heterocycles. The van der Waals surface area contributed by atoms with E-state index in [4.69, 9.17) is 0 Å². The monoisotopic (exact) mass is 401 g/mol. The van der Waals surface area contributed by atoms with Crippen molar-refractivity contribution in [2.45, 2.75) is 38.6 Å². The summed E-state index contributed by atoms with van der Waals surface area (Å²) in [7, 11) is 2.16. The number of carbonyl (C=O) groups excluding carboxylic acids is 2. The molecule has 0 aliphatic carbocycles. The minimum absolute atomic E-state index is 0.0220. The number of carbonyl (C=O) groups is 2. The van der Waals surface area contributed by atoms with E-state index in [1.54, 1.807) is 13.0 Å². The molecule has 2 amide bonds. The van der Waals surface area contributed by atoms with Gasteiger partial charge in [-0.3, -0.25) is 9.59 Å². The molecule has 0 spiro atoms. The lowest BCUT2D eigenvalue weighted by Crippen LogP contribution is -2.37. The number of amides is 2. The molecule has 0 saturated carbocycles. The van der Waals surface area contributed by atoms with Crippen molar-refractivity contribution < 1.29 is 14.0 Å². The number of benzene rings is 1. The van der Waals surface area contributed by atoms with Crippen molar-refractivity contribution in [3.63, 3.8) is 0 Å². The highest BCUT2D eigenvalue weighted by Crippen LogP contribution is 2.45. The molecule has 5 nitrogen and oxygen atoms in total. The highest BCUT2D eigenvalue weighted by Gasteiger charge is 2.49. The SMILES string of the molecule is CC(=O)N1C[C@H]2CN(C(=O)CCC3CCN(C)CC3)C[C@H]2[C@@H]1c1cccc(F)c1. The second-order valence-electron chi connectivity index (χ2n) is 9.18. The second kappa shape index (κ2) is 8.42. The molecule has 3 heterocycles. The maximum atomic E-state index is 13.8. The molecule has 3 saturated heterocycles. The van der Waals surface area contributed by atoms with E-state index in [1.165, 1.54) is 25.0 Å². The van der Waals surface area contributed by atoms with Gasteiger partial charge >= 0.3 is 0 Å². The Morgan fingerprint density at radius 2 is 1.90 bits per heavy atom. The Bertz CT molecular complexity index is 762. The predicted molar refractivity (Wildman–Crippen MR) is 110 cm³/mol. The van der Waals surface area contributed by atoms with E-state index in [0.29, 0.717) is 32.0 Å². The number of likely N-dealkylation sites (tertiary alicyclic amines) is 3. The molecule has 4 rings (SSSR count). The van der Waals surface area contributed by atoms with Gasteiger partial charge in [-0.2, -0.15) is 0 Å². The molecule has 6 heteroatoms. The number of piperidine rings is 1. The third kappa shape index (κ3) is 4.32. The second-order valence-corrected chi connectivity index (χ2v) is 9.18. The van der Waals surface area contributed by atoms with Crippen molar-refractivity contribution in [2.24, 2.45) is 17.8 Å². The molecular formula is C23H32FN3O2. The van der Waals surface area contributed by atoms with Crippen LogP contribution in [0.1, 0.15) is 44.2 Å². The van der Waals surface area contributed by atoms with Gasteiger partial charge in [-0.1, -0.05) is 12.1 Å².